The highest BCUT2D eigenvalue weighted by molar-refractivity contribution is 6.29. The Hall–Kier alpha value is -1.63. The number of rotatable bonds is 3. The molecule has 2 fully saturated rings. The summed E-state index contributed by atoms with van der Waals surface area (Å²) in [5.74, 6) is -1.23. The van der Waals surface area contributed by atoms with Crippen LogP contribution >= 0.6 is 11.6 Å². The van der Waals surface area contributed by atoms with E-state index in [2.05, 4.69) is 14.9 Å². The summed E-state index contributed by atoms with van der Waals surface area (Å²) in [6, 6.07) is 2.43. The number of aromatic nitrogens is 2. The van der Waals surface area contributed by atoms with Crippen molar-refractivity contribution >= 4 is 11.6 Å². The van der Waals surface area contributed by atoms with E-state index in [1.165, 1.54) is 12.3 Å². The van der Waals surface area contributed by atoms with E-state index in [0.717, 1.165) is 37.6 Å². The van der Waals surface area contributed by atoms with Gasteiger partial charge in [-0.05, 0) is 24.5 Å². The van der Waals surface area contributed by atoms with Crippen LogP contribution in [-0.4, -0.2) is 39.2 Å². The van der Waals surface area contributed by atoms with Crippen LogP contribution in [0.15, 0.2) is 24.5 Å². The Morgan fingerprint density at radius 2 is 1.92 bits per heavy atom. The van der Waals surface area contributed by atoms with Gasteiger partial charge < -0.3 is 5.11 Å². The van der Waals surface area contributed by atoms with Gasteiger partial charge in [-0.25, -0.2) is 13.8 Å². The Morgan fingerprint density at radius 3 is 2.54 bits per heavy atom. The smallest absolute Gasteiger partial charge is 0.149 e. The first-order valence-electron chi connectivity index (χ1n) is 7.80. The fourth-order valence-corrected chi connectivity index (χ4v) is 3.96. The van der Waals surface area contributed by atoms with E-state index < -0.39 is 11.6 Å². The second kappa shape index (κ2) is 5.72. The zero-order valence-electron chi connectivity index (χ0n) is 12.8. The molecule has 4 rings (SSSR count). The monoisotopic (exact) mass is 351 g/mol. The molecule has 7 heteroatoms. The summed E-state index contributed by atoms with van der Waals surface area (Å²) in [4.78, 5) is 10.0. The topological polar surface area (TPSA) is 49.2 Å². The molecule has 0 unspecified atom stereocenters. The summed E-state index contributed by atoms with van der Waals surface area (Å²) >= 11 is 5.61. The third-order valence-electron chi connectivity index (χ3n) is 4.83. The first kappa shape index (κ1) is 15.9. The molecule has 1 saturated carbocycles. The van der Waals surface area contributed by atoms with E-state index >= 15 is 0 Å². The van der Waals surface area contributed by atoms with Crippen molar-refractivity contribution in [2.45, 2.75) is 25.5 Å². The van der Waals surface area contributed by atoms with Gasteiger partial charge in [0.05, 0.1) is 11.7 Å². The van der Waals surface area contributed by atoms with Crippen molar-refractivity contribution in [2.24, 2.45) is 5.41 Å². The molecule has 3 heterocycles. The zero-order valence-corrected chi connectivity index (χ0v) is 13.6. The van der Waals surface area contributed by atoms with Crippen LogP contribution in [-0.2, 0) is 6.54 Å². The maximum atomic E-state index is 14.3. The second-order valence-electron chi connectivity index (χ2n) is 6.87. The van der Waals surface area contributed by atoms with Gasteiger partial charge in [-0.15, -0.1) is 0 Å². The predicted octanol–water partition coefficient (Wildman–Crippen LogP) is 3.03. The van der Waals surface area contributed by atoms with Crippen molar-refractivity contribution in [1.29, 1.82) is 0 Å². The van der Waals surface area contributed by atoms with Gasteiger partial charge in [0.25, 0.3) is 0 Å². The third kappa shape index (κ3) is 2.79. The van der Waals surface area contributed by atoms with Gasteiger partial charge in [-0.1, -0.05) is 11.6 Å². The lowest BCUT2D eigenvalue weighted by molar-refractivity contribution is -0.131. The molecule has 2 aromatic rings. The summed E-state index contributed by atoms with van der Waals surface area (Å²) in [6.07, 6.45) is 4.31. The summed E-state index contributed by atoms with van der Waals surface area (Å²) in [7, 11) is 0. The molecule has 1 saturated heterocycles. The minimum atomic E-state index is -0.651. The number of hydrogen-bond donors (Lipinski definition) is 1. The van der Waals surface area contributed by atoms with Crippen molar-refractivity contribution in [2.75, 3.05) is 13.1 Å². The summed E-state index contributed by atoms with van der Waals surface area (Å²) in [5, 5.41) is 9.43. The highest BCUT2D eigenvalue weighted by Gasteiger charge is 2.51. The highest BCUT2D eigenvalue weighted by atomic mass is 35.5. The molecule has 1 spiro atoms. The van der Waals surface area contributed by atoms with E-state index in [0.29, 0.717) is 6.54 Å². The molecule has 24 heavy (non-hydrogen) atoms. The van der Waals surface area contributed by atoms with E-state index in [1.807, 2.05) is 0 Å². The SMILES string of the molecule is OC1CC2(C1)CN(Cc1cnc(-c3cnc(Cl)cc3F)c(F)c1)C2. The first-order valence-corrected chi connectivity index (χ1v) is 8.18. The van der Waals surface area contributed by atoms with Crippen LogP contribution in [0.5, 0.6) is 0 Å². The van der Waals surface area contributed by atoms with Crippen LogP contribution in [0.3, 0.4) is 0 Å². The van der Waals surface area contributed by atoms with Crippen LogP contribution in [0.25, 0.3) is 11.3 Å². The highest BCUT2D eigenvalue weighted by Crippen LogP contribution is 2.48. The molecule has 1 N–H and O–H groups in total. The molecule has 2 aromatic heterocycles. The molecule has 0 radical (unpaired) electrons. The third-order valence-corrected chi connectivity index (χ3v) is 5.04. The Morgan fingerprint density at radius 1 is 1.17 bits per heavy atom. The van der Waals surface area contributed by atoms with Crippen LogP contribution in [0.1, 0.15) is 18.4 Å². The molecule has 0 amide bonds. The summed E-state index contributed by atoms with van der Waals surface area (Å²) < 4.78 is 28.2. The zero-order chi connectivity index (χ0) is 16.9. The fraction of sp³-hybridized carbons (Fsp3) is 0.412. The Labute approximate surface area is 143 Å². The minimum absolute atomic E-state index is 0.00481. The average Bonchev–Trinajstić information content (AvgIpc) is 2.45. The molecule has 1 aliphatic heterocycles. The van der Waals surface area contributed by atoms with Gasteiger partial charge in [0.15, 0.2) is 0 Å². The van der Waals surface area contributed by atoms with Crippen molar-refractivity contribution in [3.63, 3.8) is 0 Å². The van der Waals surface area contributed by atoms with E-state index in [-0.39, 0.29) is 27.9 Å². The molecule has 0 aromatic carbocycles. The molecular weight excluding hydrogens is 336 g/mol. The van der Waals surface area contributed by atoms with Gasteiger partial charge >= 0.3 is 0 Å². The number of pyridine rings is 2. The van der Waals surface area contributed by atoms with Crippen LogP contribution < -0.4 is 0 Å². The maximum absolute atomic E-state index is 14.3. The molecule has 1 aliphatic carbocycles. The fourth-order valence-electron chi connectivity index (χ4n) is 3.81. The van der Waals surface area contributed by atoms with Gasteiger partial charge in [0.1, 0.15) is 22.5 Å². The Balaban J connectivity index is 1.47. The minimum Gasteiger partial charge on any atom is -0.393 e. The summed E-state index contributed by atoms with van der Waals surface area (Å²) in [5.41, 5.74) is 0.939. The first-order chi connectivity index (χ1) is 11.4. The van der Waals surface area contributed by atoms with Crippen LogP contribution in [0, 0.1) is 17.0 Å². The second-order valence-corrected chi connectivity index (χ2v) is 7.26. The molecular formula is C17H16ClF2N3O. The lowest BCUT2D eigenvalue weighted by atomic mass is 9.62. The van der Waals surface area contributed by atoms with Crippen molar-refractivity contribution in [3.05, 3.63) is 46.9 Å². The number of hydrogen-bond acceptors (Lipinski definition) is 4. The van der Waals surface area contributed by atoms with E-state index in [9.17, 15) is 13.9 Å². The van der Waals surface area contributed by atoms with Crippen LogP contribution in [0.2, 0.25) is 5.15 Å². The standard InChI is InChI=1S/C17H16ClF2N3O/c18-15-2-13(19)12(6-21-15)16-14(20)1-10(5-22-16)7-23-8-17(9-23)3-11(24)4-17/h1-2,5-6,11,24H,3-4,7-9H2. The van der Waals surface area contributed by atoms with Gasteiger partial charge in [0, 0.05) is 43.5 Å². The predicted molar refractivity (Wildman–Crippen MR) is 85.3 cm³/mol. The average molecular weight is 352 g/mol. The Bertz CT molecular complexity index is 787. The van der Waals surface area contributed by atoms with Crippen molar-refractivity contribution < 1.29 is 13.9 Å². The molecule has 0 bridgehead atoms. The normalized spacial score (nSPS) is 20.0. The number of halogens is 3. The van der Waals surface area contributed by atoms with Crippen molar-refractivity contribution in [1.82, 2.24) is 14.9 Å². The van der Waals surface area contributed by atoms with Crippen molar-refractivity contribution in [3.8, 4) is 11.3 Å². The number of aliphatic hydroxyl groups excluding tert-OH is 1. The number of likely N-dealkylation sites (tertiary alicyclic amines) is 1. The molecule has 4 nitrogen and oxygen atoms in total. The number of nitrogens with zero attached hydrogens (tertiary/aromatic N) is 3. The van der Waals surface area contributed by atoms with Gasteiger partial charge in [-0.2, -0.15) is 0 Å². The number of aliphatic hydroxyl groups is 1. The lowest BCUT2D eigenvalue weighted by Gasteiger charge is -2.58. The van der Waals surface area contributed by atoms with Crippen LogP contribution in [0.4, 0.5) is 8.78 Å². The lowest BCUT2D eigenvalue weighted by Crippen LogP contribution is -2.63. The van der Waals surface area contributed by atoms with Gasteiger partial charge in [0.2, 0.25) is 0 Å². The van der Waals surface area contributed by atoms with E-state index in [4.69, 9.17) is 11.6 Å². The van der Waals surface area contributed by atoms with Gasteiger partial charge in [-0.3, -0.25) is 9.88 Å². The Kier molecular flexibility index (Phi) is 3.78. The molecule has 126 valence electrons. The molecule has 2 aliphatic rings. The summed E-state index contributed by atoms with van der Waals surface area (Å²) in [6.45, 7) is 2.44. The largest absolute Gasteiger partial charge is 0.393 e. The van der Waals surface area contributed by atoms with E-state index in [1.54, 1.807) is 6.20 Å². The molecule has 0 atom stereocenters. The maximum Gasteiger partial charge on any atom is 0.149 e. The quantitative estimate of drug-likeness (QED) is 0.864.